The molecule has 5 heteroatoms. The van der Waals surface area contributed by atoms with Crippen LogP contribution in [0.2, 0.25) is 5.02 Å². The third kappa shape index (κ3) is 3.86. The molecule has 0 radical (unpaired) electrons. The molecule has 1 fully saturated rings. The Labute approximate surface area is 116 Å². The highest BCUT2D eigenvalue weighted by atomic mass is 35.5. The Kier molecular flexibility index (Phi) is 4.41. The van der Waals surface area contributed by atoms with E-state index in [0.717, 1.165) is 32.0 Å². The Hall–Kier alpha value is -0.740. The van der Waals surface area contributed by atoms with Crippen molar-refractivity contribution < 1.29 is 13.2 Å². The predicted octanol–water partition coefficient (Wildman–Crippen LogP) is 4.59. The predicted molar refractivity (Wildman–Crippen MR) is 70.1 cm³/mol. The first kappa shape index (κ1) is 14.7. The minimum atomic E-state index is -4.32. The first-order valence-corrected chi connectivity index (χ1v) is 6.82. The van der Waals surface area contributed by atoms with Gasteiger partial charge >= 0.3 is 6.18 Å². The van der Waals surface area contributed by atoms with E-state index >= 15 is 0 Å². The van der Waals surface area contributed by atoms with Crippen molar-refractivity contribution >= 4 is 11.6 Å². The smallest absolute Gasteiger partial charge is 0.299 e. The van der Waals surface area contributed by atoms with Crippen LogP contribution in [0.3, 0.4) is 0 Å². The lowest BCUT2D eigenvalue weighted by atomic mass is 9.98. The first-order chi connectivity index (χ1) is 8.86. The summed E-state index contributed by atoms with van der Waals surface area (Å²) in [5, 5.41) is 0.355. The molecule has 1 heterocycles. The average molecular weight is 292 g/mol. The monoisotopic (exact) mass is 291 g/mol. The fourth-order valence-electron chi connectivity index (χ4n) is 2.43. The van der Waals surface area contributed by atoms with Gasteiger partial charge in [0.2, 0.25) is 0 Å². The Bertz CT molecular complexity index is 437. The second kappa shape index (κ2) is 5.71. The molecule has 106 valence electrons. The van der Waals surface area contributed by atoms with Crippen molar-refractivity contribution in [3.63, 3.8) is 0 Å². The van der Waals surface area contributed by atoms with E-state index in [1.54, 1.807) is 0 Å². The number of hydrogen-bond donors (Lipinski definition) is 0. The molecule has 0 aliphatic carbocycles. The standard InChI is InChI=1S/C14H17ClF3N/c1-10-4-6-19(7-5-10)9-11-8-12(15)2-3-13(11)14(16,17)18/h2-3,8,10H,4-7,9H2,1H3. The summed E-state index contributed by atoms with van der Waals surface area (Å²) in [5.41, 5.74) is -0.301. The van der Waals surface area contributed by atoms with Crippen LogP contribution in [0.1, 0.15) is 30.9 Å². The van der Waals surface area contributed by atoms with Crippen LogP contribution >= 0.6 is 11.6 Å². The van der Waals surface area contributed by atoms with Crippen molar-refractivity contribution in [3.8, 4) is 0 Å². The SMILES string of the molecule is CC1CCN(Cc2cc(Cl)ccc2C(F)(F)F)CC1. The Balaban J connectivity index is 2.17. The summed E-state index contributed by atoms with van der Waals surface area (Å²) in [4.78, 5) is 2.07. The maximum absolute atomic E-state index is 12.9. The van der Waals surface area contributed by atoms with E-state index in [4.69, 9.17) is 11.6 Å². The molecule has 1 aromatic rings. The molecule has 0 saturated carbocycles. The van der Waals surface area contributed by atoms with Gasteiger partial charge in [-0.25, -0.2) is 0 Å². The van der Waals surface area contributed by atoms with Gasteiger partial charge in [-0.05, 0) is 55.6 Å². The van der Waals surface area contributed by atoms with Gasteiger partial charge in [-0.15, -0.1) is 0 Å². The number of likely N-dealkylation sites (tertiary alicyclic amines) is 1. The fourth-order valence-corrected chi connectivity index (χ4v) is 2.63. The molecule has 1 aliphatic rings. The summed E-state index contributed by atoms with van der Waals surface area (Å²) in [7, 11) is 0. The van der Waals surface area contributed by atoms with Gasteiger partial charge in [-0.1, -0.05) is 18.5 Å². The minimum absolute atomic E-state index is 0.273. The lowest BCUT2D eigenvalue weighted by Crippen LogP contribution is -2.33. The molecule has 0 unspecified atom stereocenters. The quantitative estimate of drug-likeness (QED) is 0.770. The van der Waals surface area contributed by atoms with Gasteiger partial charge in [0.25, 0.3) is 0 Å². The van der Waals surface area contributed by atoms with Crippen LogP contribution in [0.4, 0.5) is 13.2 Å². The van der Waals surface area contributed by atoms with Crippen molar-refractivity contribution in [3.05, 3.63) is 34.3 Å². The van der Waals surface area contributed by atoms with Crippen molar-refractivity contribution in [2.75, 3.05) is 13.1 Å². The molecule has 1 saturated heterocycles. The van der Waals surface area contributed by atoms with Crippen molar-refractivity contribution in [1.82, 2.24) is 4.90 Å². The number of alkyl halides is 3. The van der Waals surface area contributed by atoms with Crippen molar-refractivity contribution in [2.24, 2.45) is 5.92 Å². The van der Waals surface area contributed by atoms with Gasteiger partial charge in [0.1, 0.15) is 0 Å². The lowest BCUT2D eigenvalue weighted by molar-refractivity contribution is -0.138. The summed E-state index contributed by atoms with van der Waals surface area (Å²) < 4.78 is 38.8. The molecule has 0 amide bonds. The molecule has 0 atom stereocenters. The summed E-state index contributed by atoms with van der Waals surface area (Å²) >= 11 is 5.82. The number of hydrogen-bond acceptors (Lipinski definition) is 1. The summed E-state index contributed by atoms with van der Waals surface area (Å²) in [6, 6.07) is 3.80. The zero-order valence-corrected chi connectivity index (χ0v) is 11.6. The highest BCUT2D eigenvalue weighted by molar-refractivity contribution is 6.30. The molecular formula is C14H17ClF3N. The highest BCUT2D eigenvalue weighted by Crippen LogP contribution is 2.34. The molecule has 0 N–H and O–H groups in total. The van der Waals surface area contributed by atoms with Crippen LogP contribution < -0.4 is 0 Å². The van der Waals surface area contributed by atoms with E-state index in [1.807, 2.05) is 0 Å². The van der Waals surface area contributed by atoms with Crippen LogP contribution in [-0.2, 0) is 12.7 Å². The fraction of sp³-hybridized carbons (Fsp3) is 0.571. The van der Waals surface area contributed by atoms with E-state index in [2.05, 4.69) is 11.8 Å². The van der Waals surface area contributed by atoms with E-state index in [9.17, 15) is 13.2 Å². The zero-order valence-electron chi connectivity index (χ0n) is 10.8. The molecule has 1 aromatic carbocycles. The van der Waals surface area contributed by atoms with Crippen LogP contribution in [0.5, 0.6) is 0 Å². The van der Waals surface area contributed by atoms with E-state index in [0.29, 0.717) is 17.5 Å². The summed E-state index contributed by atoms with van der Waals surface area (Å²) in [5.74, 6) is 0.665. The Morgan fingerprint density at radius 1 is 1.26 bits per heavy atom. The second-order valence-corrected chi connectivity index (χ2v) is 5.69. The van der Waals surface area contributed by atoms with Crippen molar-refractivity contribution in [1.29, 1.82) is 0 Å². The third-order valence-corrected chi connectivity index (χ3v) is 3.88. The maximum Gasteiger partial charge on any atom is 0.416 e. The first-order valence-electron chi connectivity index (χ1n) is 6.44. The van der Waals surface area contributed by atoms with Gasteiger partial charge in [0.05, 0.1) is 5.56 Å². The number of benzene rings is 1. The van der Waals surface area contributed by atoms with Crippen LogP contribution in [-0.4, -0.2) is 18.0 Å². The molecule has 1 nitrogen and oxygen atoms in total. The maximum atomic E-state index is 12.9. The van der Waals surface area contributed by atoms with E-state index in [1.165, 1.54) is 12.1 Å². The minimum Gasteiger partial charge on any atom is -0.299 e. The third-order valence-electron chi connectivity index (χ3n) is 3.64. The zero-order chi connectivity index (χ0) is 14.0. The lowest BCUT2D eigenvalue weighted by Gasteiger charge is -2.31. The molecule has 0 aromatic heterocycles. The number of piperidine rings is 1. The van der Waals surface area contributed by atoms with Gasteiger partial charge in [0, 0.05) is 11.6 Å². The van der Waals surface area contributed by atoms with Gasteiger partial charge in [-0.3, -0.25) is 4.90 Å². The van der Waals surface area contributed by atoms with E-state index in [-0.39, 0.29) is 5.56 Å². The van der Waals surface area contributed by atoms with E-state index < -0.39 is 11.7 Å². The number of nitrogens with zero attached hydrogens (tertiary/aromatic N) is 1. The molecular weight excluding hydrogens is 275 g/mol. The average Bonchev–Trinajstić information content (AvgIpc) is 2.30. The highest BCUT2D eigenvalue weighted by Gasteiger charge is 2.33. The van der Waals surface area contributed by atoms with Gasteiger partial charge in [0.15, 0.2) is 0 Å². The number of halogens is 4. The van der Waals surface area contributed by atoms with Gasteiger partial charge in [-0.2, -0.15) is 13.2 Å². The largest absolute Gasteiger partial charge is 0.416 e. The summed E-state index contributed by atoms with van der Waals surface area (Å²) in [6.45, 7) is 4.20. The normalized spacial score (nSPS) is 18.8. The molecule has 1 aliphatic heterocycles. The van der Waals surface area contributed by atoms with Crippen LogP contribution in [0.15, 0.2) is 18.2 Å². The summed E-state index contributed by atoms with van der Waals surface area (Å²) in [6.07, 6.45) is -2.23. The molecule has 0 spiro atoms. The Morgan fingerprint density at radius 2 is 1.89 bits per heavy atom. The van der Waals surface area contributed by atoms with Crippen LogP contribution in [0, 0.1) is 5.92 Å². The second-order valence-electron chi connectivity index (χ2n) is 5.26. The molecule has 0 bridgehead atoms. The van der Waals surface area contributed by atoms with Crippen LogP contribution in [0.25, 0.3) is 0 Å². The topological polar surface area (TPSA) is 3.24 Å². The number of rotatable bonds is 2. The Morgan fingerprint density at radius 3 is 2.47 bits per heavy atom. The molecule has 2 rings (SSSR count). The van der Waals surface area contributed by atoms with Crippen molar-refractivity contribution in [2.45, 2.75) is 32.5 Å². The molecule has 19 heavy (non-hydrogen) atoms. The van der Waals surface area contributed by atoms with Gasteiger partial charge < -0.3 is 0 Å².